The Morgan fingerprint density at radius 2 is 2.05 bits per heavy atom. The molecule has 3 N–H and O–H groups in total. The van der Waals surface area contributed by atoms with E-state index in [0.29, 0.717) is 11.4 Å². The maximum atomic E-state index is 11.6. The molecule has 0 saturated heterocycles. The van der Waals surface area contributed by atoms with Crippen LogP contribution >= 0.6 is 0 Å². The number of hydrogen-bond donors (Lipinski definition) is 3. The summed E-state index contributed by atoms with van der Waals surface area (Å²) in [5.41, 5.74) is 0.747. The molecule has 0 fully saturated rings. The van der Waals surface area contributed by atoms with E-state index in [9.17, 15) is 14.4 Å². The number of carboxylic acid groups (broad SMARTS) is 1. The molecule has 0 atom stereocenters. The fourth-order valence-electron chi connectivity index (χ4n) is 1.48. The summed E-state index contributed by atoms with van der Waals surface area (Å²) in [6.45, 7) is 0.0153. The molecular weight excluding hydrogens is 252 g/mol. The molecule has 0 aromatic heterocycles. The quantitative estimate of drug-likeness (QED) is 0.703. The molecule has 1 heterocycles. The fourth-order valence-corrected chi connectivity index (χ4v) is 1.48. The summed E-state index contributed by atoms with van der Waals surface area (Å²) in [5.74, 6) is -1.59. The second kappa shape index (κ2) is 5.21. The van der Waals surface area contributed by atoms with Crippen molar-refractivity contribution in [2.45, 2.75) is 0 Å². The van der Waals surface area contributed by atoms with E-state index in [1.165, 1.54) is 24.3 Å². The molecule has 0 radical (unpaired) electrons. The number of esters is 1. The molecule has 1 aliphatic rings. The van der Waals surface area contributed by atoms with Crippen molar-refractivity contribution >= 4 is 23.7 Å². The number of rotatable bonds is 3. The number of ether oxygens (including phenoxy) is 1. The van der Waals surface area contributed by atoms with Crippen LogP contribution in [-0.4, -0.2) is 29.7 Å². The molecule has 7 nitrogen and oxygen atoms in total. The number of nitrogens with one attached hydrogen (secondary N) is 2. The van der Waals surface area contributed by atoms with Crippen molar-refractivity contribution in [3.63, 3.8) is 0 Å². The molecule has 0 saturated carbocycles. The van der Waals surface area contributed by atoms with Gasteiger partial charge in [0.25, 0.3) is 0 Å². The van der Waals surface area contributed by atoms with E-state index in [1.54, 1.807) is 6.07 Å². The Bertz CT molecular complexity index is 579. The molecule has 0 bridgehead atoms. The van der Waals surface area contributed by atoms with E-state index < -0.39 is 18.0 Å². The number of benzene rings is 1. The highest BCUT2D eigenvalue weighted by molar-refractivity contribution is 5.94. The number of carboxylic acids is 1. The Morgan fingerprint density at radius 3 is 2.68 bits per heavy atom. The van der Waals surface area contributed by atoms with Gasteiger partial charge in [0, 0.05) is 11.8 Å². The SMILES string of the molecule is O=C(NC1=CC(=O)OC1)Nc1cccc(C(=O)O)c1. The Kier molecular flexibility index (Phi) is 3.46. The van der Waals surface area contributed by atoms with Gasteiger partial charge in [-0.2, -0.15) is 0 Å². The number of urea groups is 1. The van der Waals surface area contributed by atoms with Gasteiger partial charge in [-0.15, -0.1) is 0 Å². The van der Waals surface area contributed by atoms with E-state index in [-0.39, 0.29) is 12.2 Å². The van der Waals surface area contributed by atoms with Crippen molar-refractivity contribution < 1.29 is 24.2 Å². The Morgan fingerprint density at radius 1 is 1.26 bits per heavy atom. The van der Waals surface area contributed by atoms with Crippen LogP contribution in [-0.2, 0) is 9.53 Å². The number of hydrogen-bond acceptors (Lipinski definition) is 4. The Labute approximate surface area is 107 Å². The monoisotopic (exact) mass is 262 g/mol. The van der Waals surface area contributed by atoms with Crippen LogP contribution in [0.5, 0.6) is 0 Å². The molecule has 1 aliphatic heterocycles. The number of anilines is 1. The second-order valence-corrected chi connectivity index (χ2v) is 3.74. The maximum absolute atomic E-state index is 11.6. The summed E-state index contributed by atoms with van der Waals surface area (Å²) >= 11 is 0. The van der Waals surface area contributed by atoms with Crippen molar-refractivity contribution in [1.29, 1.82) is 0 Å². The van der Waals surface area contributed by atoms with Crippen molar-refractivity contribution in [2.75, 3.05) is 11.9 Å². The summed E-state index contributed by atoms with van der Waals surface area (Å²) in [5, 5.41) is 13.7. The van der Waals surface area contributed by atoms with Crippen LogP contribution in [0.4, 0.5) is 10.5 Å². The average Bonchev–Trinajstić information content (AvgIpc) is 2.74. The third-order valence-electron chi connectivity index (χ3n) is 2.30. The number of aromatic carboxylic acids is 1. The smallest absolute Gasteiger partial charge is 0.335 e. The van der Waals surface area contributed by atoms with Crippen LogP contribution in [0.25, 0.3) is 0 Å². The molecule has 7 heteroatoms. The minimum Gasteiger partial charge on any atom is -0.478 e. The van der Waals surface area contributed by atoms with E-state index >= 15 is 0 Å². The standard InChI is InChI=1S/C12H10N2O5/c15-10-5-9(6-19-10)14-12(18)13-8-3-1-2-7(4-8)11(16)17/h1-5H,6H2,(H,16,17)(H2,13,14,18). The van der Waals surface area contributed by atoms with Crippen LogP contribution in [0, 0.1) is 0 Å². The van der Waals surface area contributed by atoms with Crippen molar-refractivity contribution in [3.8, 4) is 0 Å². The van der Waals surface area contributed by atoms with Crippen molar-refractivity contribution in [2.24, 2.45) is 0 Å². The summed E-state index contributed by atoms with van der Waals surface area (Å²) in [6, 6.07) is 5.23. The van der Waals surface area contributed by atoms with Gasteiger partial charge < -0.3 is 20.5 Å². The lowest BCUT2D eigenvalue weighted by molar-refractivity contribution is -0.134. The molecule has 0 unspecified atom stereocenters. The first-order valence-electron chi connectivity index (χ1n) is 5.33. The zero-order valence-electron chi connectivity index (χ0n) is 9.67. The third kappa shape index (κ3) is 3.32. The van der Waals surface area contributed by atoms with Gasteiger partial charge in [0.05, 0.1) is 11.3 Å². The van der Waals surface area contributed by atoms with Gasteiger partial charge in [-0.3, -0.25) is 0 Å². The number of cyclic esters (lactones) is 1. The number of carbonyl (C=O) groups is 3. The first-order valence-corrected chi connectivity index (χ1v) is 5.33. The largest absolute Gasteiger partial charge is 0.478 e. The molecule has 0 aliphatic carbocycles. The van der Waals surface area contributed by atoms with Gasteiger partial charge in [-0.25, -0.2) is 14.4 Å². The van der Waals surface area contributed by atoms with E-state index in [4.69, 9.17) is 5.11 Å². The van der Waals surface area contributed by atoms with E-state index in [2.05, 4.69) is 15.4 Å². The summed E-state index contributed by atoms with van der Waals surface area (Å²) < 4.78 is 4.62. The normalized spacial score (nSPS) is 13.5. The van der Waals surface area contributed by atoms with Crippen LogP contribution in [0.3, 0.4) is 0 Å². The molecule has 1 aromatic carbocycles. The van der Waals surface area contributed by atoms with Crippen LogP contribution in [0.1, 0.15) is 10.4 Å². The number of amides is 2. The van der Waals surface area contributed by atoms with Gasteiger partial charge >= 0.3 is 18.0 Å². The molecule has 98 valence electrons. The molecule has 0 spiro atoms. The molecule has 1 aromatic rings. The highest BCUT2D eigenvalue weighted by Crippen LogP contribution is 2.11. The summed E-state index contributed by atoms with van der Waals surface area (Å²) in [4.78, 5) is 33.1. The zero-order chi connectivity index (χ0) is 13.8. The van der Waals surface area contributed by atoms with Gasteiger partial charge in [-0.1, -0.05) is 6.07 Å². The van der Waals surface area contributed by atoms with Gasteiger partial charge in [0.2, 0.25) is 0 Å². The summed E-state index contributed by atoms with van der Waals surface area (Å²) in [7, 11) is 0. The molecule has 2 rings (SSSR count). The third-order valence-corrected chi connectivity index (χ3v) is 2.30. The van der Waals surface area contributed by atoms with Crippen molar-refractivity contribution in [1.82, 2.24) is 5.32 Å². The highest BCUT2D eigenvalue weighted by atomic mass is 16.5. The lowest BCUT2D eigenvalue weighted by atomic mass is 10.2. The summed E-state index contributed by atoms with van der Waals surface area (Å²) in [6.07, 6.45) is 1.17. The predicted molar refractivity (Wildman–Crippen MR) is 64.6 cm³/mol. The predicted octanol–water partition coefficient (Wildman–Crippen LogP) is 0.947. The first-order chi connectivity index (χ1) is 9.04. The van der Waals surface area contributed by atoms with Gasteiger partial charge in [0.1, 0.15) is 6.61 Å². The first kappa shape index (κ1) is 12.6. The van der Waals surface area contributed by atoms with Crippen LogP contribution < -0.4 is 10.6 Å². The minimum absolute atomic E-state index is 0.0153. The van der Waals surface area contributed by atoms with Gasteiger partial charge in [0.15, 0.2) is 0 Å². The van der Waals surface area contributed by atoms with E-state index in [1.807, 2.05) is 0 Å². The molecular formula is C12H10N2O5. The van der Waals surface area contributed by atoms with Gasteiger partial charge in [-0.05, 0) is 18.2 Å². The fraction of sp³-hybridized carbons (Fsp3) is 0.0833. The topological polar surface area (TPSA) is 105 Å². The minimum atomic E-state index is -1.08. The molecule has 2 amide bonds. The Balaban J connectivity index is 1.99. The lowest BCUT2D eigenvalue weighted by Crippen LogP contribution is -2.28. The molecule has 19 heavy (non-hydrogen) atoms. The number of carbonyl (C=O) groups excluding carboxylic acids is 2. The van der Waals surface area contributed by atoms with E-state index in [0.717, 1.165) is 0 Å². The van der Waals surface area contributed by atoms with Crippen LogP contribution in [0.2, 0.25) is 0 Å². The Hall–Kier alpha value is -2.83. The lowest BCUT2D eigenvalue weighted by Gasteiger charge is -2.07. The van der Waals surface area contributed by atoms with Crippen molar-refractivity contribution in [3.05, 3.63) is 41.6 Å². The zero-order valence-corrected chi connectivity index (χ0v) is 9.67. The maximum Gasteiger partial charge on any atom is 0.335 e. The second-order valence-electron chi connectivity index (χ2n) is 3.74. The average molecular weight is 262 g/mol. The van der Waals surface area contributed by atoms with Crippen LogP contribution in [0.15, 0.2) is 36.0 Å². The highest BCUT2D eigenvalue weighted by Gasteiger charge is 2.15.